The molecule has 0 heterocycles. The van der Waals surface area contributed by atoms with Crippen molar-refractivity contribution in [2.45, 2.75) is 26.2 Å². The highest BCUT2D eigenvalue weighted by atomic mass is 79.9. The van der Waals surface area contributed by atoms with Crippen molar-refractivity contribution in [1.82, 2.24) is 0 Å². The van der Waals surface area contributed by atoms with Gasteiger partial charge in [-0.05, 0) is 70.4 Å². The van der Waals surface area contributed by atoms with E-state index in [4.69, 9.17) is 9.47 Å². The van der Waals surface area contributed by atoms with Gasteiger partial charge in [0.2, 0.25) is 5.91 Å². The number of hydrogen-bond donors (Lipinski definition) is 1. The normalized spacial score (nSPS) is 10.7. The van der Waals surface area contributed by atoms with Crippen molar-refractivity contribution in [1.29, 1.82) is 0 Å². The van der Waals surface area contributed by atoms with Crippen LogP contribution in [0.15, 0.2) is 53.0 Å². The van der Waals surface area contributed by atoms with E-state index in [0.29, 0.717) is 17.9 Å². The van der Waals surface area contributed by atoms with Crippen molar-refractivity contribution < 1.29 is 19.1 Å². The van der Waals surface area contributed by atoms with Crippen LogP contribution in [0.4, 0.5) is 5.69 Å². The van der Waals surface area contributed by atoms with Crippen molar-refractivity contribution in [2.75, 3.05) is 19.0 Å². The molecular weight excluding hydrogens is 422 g/mol. The van der Waals surface area contributed by atoms with Crippen LogP contribution in [-0.2, 0) is 9.53 Å². The van der Waals surface area contributed by atoms with Crippen molar-refractivity contribution in [3.8, 4) is 5.75 Å². The van der Waals surface area contributed by atoms with Gasteiger partial charge in [0, 0.05) is 11.8 Å². The lowest BCUT2D eigenvalue weighted by Gasteiger charge is -2.06. The van der Waals surface area contributed by atoms with Crippen molar-refractivity contribution in [2.24, 2.45) is 0 Å². The van der Waals surface area contributed by atoms with Gasteiger partial charge in [-0.2, -0.15) is 0 Å². The number of unbranched alkanes of at least 4 members (excludes halogenated alkanes) is 2. The minimum atomic E-state index is -0.348. The van der Waals surface area contributed by atoms with Crippen LogP contribution in [0, 0.1) is 0 Å². The van der Waals surface area contributed by atoms with Crippen LogP contribution in [0.3, 0.4) is 0 Å². The van der Waals surface area contributed by atoms with Gasteiger partial charge in [0.1, 0.15) is 5.75 Å². The first-order valence-corrected chi connectivity index (χ1v) is 9.92. The van der Waals surface area contributed by atoms with E-state index in [9.17, 15) is 9.59 Å². The van der Waals surface area contributed by atoms with Crippen LogP contribution >= 0.6 is 15.9 Å². The third-order valence-corrected chi connectivity index (χ3v) is 4.59. The third-order valence-electron chi connectivity index (χ3n) is 3.97. The summed E-state index contributed by atoms with van der Waals surface area (Å²) in [6, 6.07) is 12.2. The zero-order chi connectivity index (χ0) is 20.4. The second-order valence-corrected chi connectivity index (χ2v) is 6.99. The van der Waals surface area contributed by atoms with Gasteiger partial charge in [0.05, 0.1) is 23.8 Å². The highest BCUT2D eigenvalue weighted by molar-refractivity contribution is 9.10. The van der Waals surface area contributed by atoms with Gasteiger partial charge in [-0.15, -0.1) is 0 Å². The molecule has 0 aromatic heterocycles. The number of hydrogen-bond acceptors (Lipinski definition) is 4. The fourth-order valence-corrected chi connectivity index (χ4v) is 2.99. The van der Waals surface area contributed by atoms with E-state index in [1.54, 1.807) is 37.5 Å². The van der Waals surface area contributed by atoms with Crippen LogP contribution in [0.1, 0.15) is 42.1 Å². The first kappa shape index (κ1) is 21.7. The Morgan fingerprint density at radius 1 is 1.11 bits per heavy atom. The van der Waals surface area contributed by atoms with Crippen molar-refractivity contribution in [3.05, 3.63) is 64.1 Å². The summed E-state index contributed by atoms with van der Waals surface area (Å²) in [5.41, 5.74) is 1.94. The Bertz CT molecular complexity index is 831. The monoisotopic (exact) mass is 445 g/mol. The van der Waals surface area contributed by atoms with Crippen LogP contribution in [0.2, 0.25) is 0 Å². The highest BCUT2D eigenvalue weighted by Gasteiger charge is 2.07. The summed E-state index contributed by atoms with van der Waals surface area (Å²) in [6.45, 7) is 2.53. The first-order valence-electron chi connectivity index (χ1n) is 9.13. The molecule has 0 unspecified atom stereocenters. The molecule has 1 amide bonds. The molecule has 0 saturated heterocycles. The maximum Gasteiger partial charge on any atom is 0.338 e. The predicted octanol–water partition coefficient (Wildman–Crippen LogP) is 5.46. The molecule has 0 radical (unpaired) electrons. The number of methoxy groups -OCH3 is 1. The molecule has 2 aromatic rings. The molecule has 2 rings (SSSR count). The van der Waals surface area contributed by atoms with Gasteiger partial charge in [-0.1, -0.05) is 25.8 Å². The highest BCUT2D eigenvalue weighted by Crippen LogP contribution is 2.26. The molecule has 0 aliphatic heterocycles. The standard InChI is InChI=1S/C22H24BrNO4/c1-3-4-5-14-28-22(26)17-8-10-18(11-9-17)24-21(25)13-7-16-6-12-20(27-2)19(23)15-16/h6-13,15H,3-5,14H2,1-2H3,(H,24,25)/b13-7+. The van der Waals surface area contributed by atoms with Gasteiger partial charge in [-0.25, -0.2) is 4.79 Å². The summed E-state index contributed by atoms with van der Waals surface area (Å²) in [6.07, 6.45) is 6.15. The molecule has 0 fully saturated rings. The topological polar surface area (TPSA) is 64.6 Å². The minimum Gasteiger partial charge on any atom is -0.496 e. The molecule has 2 aromatic carbocycles. The molecule has 0 saturated carbocycles. The van der Waals surface area contributed by atoms with E-state index in [2.05, 4.69) is 28.2 Å². The van der Waals surface area contributed by atoms with Crippen LogP contribution < -0.4 is 10.1 Å². The number of ether oxygens (including phenoxy) is 2. The van der Waals surface area contributed by atoms with E-state index in [1.165, 1.54) is 6.08 Å². The smallest absolute Gasteiger partial charge is 0.338 e. The number of rotatable bonds is 9. The Kier molecular flexibility index (Phi) is 8.75. The van der Waals surface area contributed by atoms with Gasteiger partial charge in [-0.3, -0.25) is 4.79 Å². The summed E-state index contributed by atoms with van der Waals surface area (Å²) in [5.74, 6) is 0.117. The van der Waals surface area contributed by atoms with Crippen LogP contribution in [0.5, 0.6) is 5.75 Å². The summed E-state index contributed by atoms with van der Waals surface area (Å²) >= 11 is 3.41. The number of esters is 1. The van der Waals surface area contributed by atoms with E-state index >= 15 is 0 Å². The molecule has 0 bridgehead atoms. The molecule has 5 nitrogen and oxygen atoms in total. The molecule has 6 heteroatoms. The van der Waals surface area contributed by atoms with E-state index in [1.807, 2.05) is 18.2 Å². The molecule has 0 spiro atoms. The Morgan fingerprint density at radius 2 is 1.86 bits per heavy atom. The summed E-state index contributed by atoms with van der Waals surface area (Å²) < 4.78 is 11.2. The number of carbonyl (C=O) groups is 2. The molecule has 28 heavy (non-hydrogen) atoms. The lowest BCUT2D eigenvalue weighted by Crippen LogP contribution is -2.09. The molecule has 0 atom stereocenters. The SMILES string of the molecule is CCCCCOC(=O)c1ccc(NC(=O)/C=C/c2ccc(OC)c(Br)c2)cc1. The minimum absolute atomic E-state index is 0.262. The quantitative estimate of drug-likeness (QED) is 0.316. The maximum absolute atomic E-state index is 12.1. The second kappa shape index (κ2) is 11.3. The summed E-state index contributed by atoms with van der Waals surface area (Å²) in [7, 11) is 1.60. The fraction of sp³-hybridized carbons (Fsp3) is 0.273. The Labute approximate surface area is 173 Å². The molecule has 148 valence electrons. The molecule has 0 aliphatic rings. The van der Waals surface area contributed by atoms with Gasteiger partial charge < -0.3 is 14.8 Å². The van der Waals surface area contributed by atoms with E-state index in [0.717, 1.165) is 35.0 Å². The third kappa shape index (κ3) is 6.85. The molecule has 0 aliphatic carbocycles. The van der Waals surface area contributed by atoms with E-state index in [-0.39, 0.29) is 11.9 Å². The lowest BCUT2D eigenvalue weighted by molar-refractivity contribution is -0.111. The average molecular weight is 446 g/mol. The lowest BCUT2D eigenvalue weighted by atomic mass is 10.2. The second-order valence-electron chi connectivity index (χ2n) is 6.14. The number of amides is 1. The molecular formula is C22H24BrNO4. The Balaban J connectivity index is 1.88. The molecule has 1 N–H and O–H groups in total. The zero-order valence-electron chi connectivity index (χ0n) is 16.0. The predicted molar refractivity (Wildman–Crippen MR) is 115 cm³/mol. The number of anilines is 1. The Morgan fingerprint density at radius 3 is 2.50 bits per heavy atom. The van der Waals surface area contributed by atoms with Crippen molar-refractivity contribution >= 4 is 39.6 Å². The van der Waals surface area contributed by atoms with Crippen LogP contribution in [0.25, 0.3) is 6.08 Å². The number of nitrogens with one attached hydrogen (secondary N) is 1. The largest absolute Gasteiger partial charge is 0.496 e. The fourth-order valence-electron chi connectivity index (χ4n) is 2.43. The number of carbonyl (C=O) groups excluding carboxylic acids is 2. The number of benzene rings is 2. The maximum atomic E-state index is 12.1. The zero-order valence-corrected chi connectivity index (χ0v) is 17.6. The van der Waals surface area contributed by atoms with E-state index < -0.39 is 0 Å². The van der Waals surface area contributed by atoms with Crippen molar-refractivity contribution in [3.63, 3.8) is 0 Å². The average Bonchev–Trinajstić information content (AvgIpc) is 2.70. The van der Waals surface area contributed by atoms with Crippen LogP contribution in [-0.4, -0.2) is 25.6 Å². The summed E-state index contributed by atoms with van der Waals surface area (Å²) in [4.78, 5) is 24.0. The summed E-state index contributed by atoms with van der Waals surface area (Å²) in [5, 5.41) is 2.76. The van der Waals surface area contributed by atoms with Gasteiger partial charge in [0.15, 0.2) is 0 Å². The Hall–Kier alpha value is -2.60. The van der Waals surface area contributed by atoms with Gasteiger partial charge >= 0.3 is 5.97 Å². The number of halogens is 1. The van der Waals surface area contributed by atoms with Gasteiger partial charge in [0.25, 0.3) is 0 Å². The first-order chi connectivity index (χ1) is 13.5.